The number of aromatic nitrogens is 4. The van der Waals surface area contributed by atoms with Gasteiger partial charge in [0.2, 0.25) is 5.91 Å². The SMILES string of the molecule is CCOC(=O)c1c(CSc2nnc(CN3CCCCCC3=O)n2CC)nc2ccccc2c1C. The largest absolute Gasteiger partial charge is 0.462 e. The number of hydrogen-bond acceptors (Lipinski definition) is 7. The summed E-state index contributed by atoms with van der Waals surface area (Å²) in [6, 6.07) is 7.82. The lowest BCUT2D eigenvalue weighted by Crippen LogP contribution is -2.31. The zero-order chi connectivity index (χ0) is 24.1. The molecule has 9 heteroatoms. The minimum Gasteiger partial charge on any atom is -0.462 e. The number of thioether (sulfide) groups is 1. The molecule has 0 spiro atoms. The number of ether oxygens (including phenoxy) is 1. The van der Waals surface area contributed by atoms with Gasteiger partial charge in [0.25, 0.3) is 0 Å². The highest BCUT2D eigenvalue weighted by Gasteiger charge is 2.23. The van der Waals surface area contributed by atoms with E-state index in [1.54, 1.807) is 6.92 Å². The molecular weight excluding hydrogens is 450 g/mol. The lowest BCUT2D eigenvalue weighted by molar-refractivity contribution is -0.131. The molecule has 1 aromatic carbocycles. The Hall–Kier alpha value is -2.94. The van der Waals surface area contributed by atoms with Crippen LogP contribution in [0.4, 0.5) is 0 Å². The molecule has 0 saturated carbocycles. The number of nitrogens with zero attached hydrogens (tertiary/aromatic N) is 5. The van der Waals surface area contributed by atoms with Gasteiger partial charge in [0.1, 0.15) is 0 Å². The Morgan fingerprint density at radius 3 is 2.76 bits per heavy atom. The van der Waals surface area contributed by atoms with Gasteiger partial charge in [-0.3, -0.25) is 9.78 Å². The van der Waals surface area contributed by atoms with Crippen molar-refractivity contribution in [2.24, 2.45) is 0 Å². The number of likely N-dealkylation sites (tertiary alicyclic amines) is 1. The number of carbonyl (C=O) groups is 2. The van der Waals surface area contributed by atoms with Gasteiger partial charge in [0.05, 0.1) is 29.9 Å². The molecule has 0 bridgehead atoms. The summed E-state index contributed by atoms with van der Waals surface area (Å²) in [6.07, 6.45) is 3.67. The van der Waals surface area contributed by atoms with Crippen LogP contribution in [0.15, 0.2) is 29.4 Å². The minimum absolute atomic E-state index is 0.187. The third-order valence-corrected chi connectivity index (χ3v) is 7.14. The minimum atomic E-state index is -0.355. The molecule has 1 fully saturated rings. The van der Waals surface area contributed by atoms with E-state index in [-0.39, 0.29) is 11.9 Å². The van der Waals surface area contributed by atoms with E-state index in [0.717, 1.165) is 53.3 Å². The Balaban J connectivity index is 1.60. The van der Waals surface area contributed by atoms with Gasteiger partial charge in [-0.1, -0.05) is 36.4 Å². The number of benzene rings is 1. The van der Waals surface area contributed by atoms with Crippen molar-refractivity contribution in [3.8, 4) is 0 Å². The second-order valence-corrected chi connectivity index (χ2v) is 9.30. The highest BCUT2D eigenvalue weighted by molar-refractivity contribution is 7.98. The number of fused-ring (bicyclic) bond motifs is 1. The van der Waals surface area contributed by atoms with Crippen molar-refractivity contribution in [3.63, 3.8) is 0 Å². The average Bonchev–Trinajstić information content (AvgIpc) is 3.11. The monoisotopic (exact) mass is 481 g/mol. The Labute approximate surface area is 204 Å². The molecule has 3 heterocycles. The molecule has 180 valence electrons. The van der Waals surface area contributed by atoms with Crippen molar-refractivity contribution >= 4 is 34.5 Å². The van der Waals surface area contributed by atoms with Crippen LogP contribution < -0.4 is 0 Å². The maximum absolute atomic E-state index is 12.8. The normalized spacial score (nSPS) is 14.4. The first kappa shape index (κ1) is 24.2. The number of amides is 1. The fourth-order valence-electron chi connectivity index (χ4n) is 4.39. The molecule has 0 radical (unpaired) electrons. The van der Waals surface area contributed by atoms with Gasteiger partial charge >= 0.3 is 5.97 Å². The summed E-state index contributed by atoms with van der Waals surface area (Å²) >= 11 is 1.50. The number of hydrogen-bond donors (Lipinski definition) is 0. The number of para-hydroxylation sites is 1. The summed E-state index contributed by atoms with van der Waals surface area (Å²) in [5, 5.41) is 10.5. The first-order valence-electron chi connectivity index (χ1n) is 11.9. The van der Waals surface area contributed by atoms with Gasteiger partial charge in [0, 0.05) is 30.6 Å². The van der Waals surface area contributed by atoms with Crippen LogP contribution >= 0.6 is 11.8 Å². The molecule has 1 aliphatic rings. The molecule has 1 aliphatic heterocycles. The summed E-state index contributed by atoms with van der Waals surface area (Å²) < 4.78 is 7.39. The van der Waals surface area contributed by atoms with Crippen LogP contribution in [0.25, 0.3) is 10.9 Å². The summed E-state index contributed by atoms with van der Waals surface area (Å²) in [4.78, 5) is 31.9. The second-order valence-electron chi connectivity index (χ2n) is 8.35. The van der Waals surface area contributed by atoms with E-state index in [1.165, 1.54) is 11.8 Å². The number of esters is 1. The zero-order valence-corrected chi connectivity index (χ0v) is 20.9. The van der Waals surface area contributed by atoms with Crippen LogP contribution in [0.3, 0.4) is 0 Å². The second kappa shape index (κ2) is 11.0. The molecule has 4 rings (SSSR count). The highest BCUT2D eigenvalue weighted by atomic mass is 32.2. The van der Waals surface area contributed by atoms with Crippen molar-refractivity contribution in [2.75, 3.05) is 13.2 Å². The lowest BCUT2D eigenvalue weighted by atomic mass is 10.0. The van der Waals surface area contributed by atoms with Gasteiger partial charge in [-0.2, -0.15) is 0 Å². The van der Waals surface area contributed by atoms with Crippen molar-refractivity contribution in [2.45, 2.75) is 70.5 Å². The summed E-state index contributed by atoms with van der Waals surface area (Å²) in [5.41, 5.74) is 2.92. The molecule has 1 saturated heterocycles. The van der Waals surface area contributed by atoms with Crippen molar-refractivity contribution in [1.82, 2.24) is 24.6 Å². The third-order valence-electron chi connectivity index (χ3n) is 6.16. The number of aryl methyl sites for hydroxylation is 1. The van der Waals surface area contributed by atoms with Gasteiger partial charge in [-0.15, -0.1) is 10.2 Å². The lowest BCUT2D eigenvalue weighted by Gasteiger charge is -2.20. The molecule has 0 aliphatic carbocycles. The molecule has 0 N–H and O–H groups in total. The quantitative estimate of drug-likeness (QED) is 0.345. The Bertz CT molecular complexity index is 1190. The summed E-state index contributed by atoms with van der Waals surface area (Å²) in [5.74, 6) is 1.08. The van der Waals surface area contributed by atoms with Crippen LogP contribution in [-0.4, -0.2) is 49.7 Å². The van der Waals surface area contributed by atoms with Crippen molar-refractivity contribution in [3.05, 3.63) is 46.9 Å². The molecule has 0 atom stereocenters. The molecular formula is C25H31N5O3S. The van der Waals surface area contributed by atoms with E-state index < -0.39 is 0 Å². The zero-order valence-electron chi connectivity index (χ0n) is 20.0. The topological polar surface area (TPSA) is 90.2 Å². The van der Waals surface area contributed by atoms with Crippen LogP contribution in [0, 0.1) is 6.92 Å². The van der Waals surface area contributed by atoms with E-state index in [9.17, 15) is 9.59 Å². The van der Waals surface area contributed by atoms with Gasteiger partial charge in [-0.05, 0) is 45.2 Å². The number of carbonyl (C=O) groups excluding carboxylic acids is 2. The number of rotatable bonds is 8. The first-order chi connectivity index (χ1) is 16.5. The molecule has 3 aromatic rings. The maximum Gasteiger partial charge on any atom is 0.340 e. The fraction of sp³-hybridized carbons (Fsp3) is 0.480. The molecule has 1 amide bonds. The molecule has 2 aromatic heterocycles. The molecule has 34 heavy (non-hydrogen) atoms. The average molecular weight is 482 g/mol. The van der Waals surface area contributed by atoms with E-state index in [0.29, 0.717) is 43.1 Å². The van der Waals surface area contributed by atoms with Gasteiger partial charge in [0.15, 0.2) is 11.0 Å². The summed E-state index contributed by atoms with van der Waals surface area (Å²) in [7, 11) is 0. The van der Waals surface area contributed by atoms with Crippen molar-refractivity contribution in [1.29, 1.82) is 0 Å². The summed E-state index contributed by atoms with van der Waals surface area (Å²) in [6.45, 7) is 8.03. The van der Waals surface area contributed by atoms with E-state index in [2.05, 4.69) is 10.2 Å². The smallest absolute Gasteiger partial charge is 0.340 e. The molecule has 8 nitrogen and oxygen atoms in total. The Morgan fingerprint density at radius 1 is 1.15 bits per heavy atom. The van der Waals surface area contributed by atoms with E-state index in [4.69, 9.17) is 9.72 Å². The number of pyridine rings is 1. The third kappa shape index (κ3) is 5.09. The van der Waals surface area contributed by atoms with Gasteiger partial charge < -0.3 is 14.2 Å². The van der Waals surface area contributed by atoms with E-state index in [1.807, 2.05) is 47.6 Å². The van der Waals surface area contributed by atoms with Crippen molar-refractivity contribution < 1.29 is 14.3 Å². The Kier molecular flexibility index (Phi) is 7.82. The fourth-order valence-corrected chi connectivity index (χ4v) is 5.35. The van der Waals surface area contributed by atoms with Crippen LogP contribution in [0.1, 0.15) is 67.0 Å². The van der Waals surface area contributed by atoms with Crippen LogP contribution in [-0.2, 0) is 28.4 Å². The first-order valence-corrected chi connectivity index (χ1v) is 12.9. The highest BCUT2D eigenvalue weighted by Crippen LogP contribution is 2.29. The Morgan fingerprint density at radius 2 is 1.97 bits per heavy atom. The standard InChI is InChI=1S/C25H31N5O3S/c1-4-30-21(15-29-14-10-6-7-13-22(29)31)27-28-25(30)34-16-20-23(24(32)33-5-2)17(3)18-11-8-9-12-19(18)26-20/h8-9,11-12H,4-7,10,13-16H2,1-3H3. The van der Waals surface area contributed by atoms with Crippen LogP contribution in [0.2, 0.25) is 0 Å². The predicted molar refractivity (Wildman–Crippen MR) is 132 cm³/mol. The maximum atomic E-state index is 12.8. The van der Waals surface area contributed by atoms with Crippen LogP contribution in [0.5, 0.6) is 0 Å². The van der Waals surface area contributed by atoms with Gasteiger partial charge in [-0.25, -0.2) is 4.79 Å². The predicted octanol–water partition coefficient (Wildman–Crippen LogP) is 4.53. The van der Waals surface area contributed by atoms with E-state index >= 15 is 0 Å². The molecule has 0 unspecified atom stereocenters.